The van der Waals surface area contributed by atoms with Gasteiger partial charge in [-0.2, -0.15) is 0 Å². The molecule has 0 aliphatic heterocycles. The predicted molar refractivity (Wildman–Crippen MR) is 69.4 cm³/mol. The Kier molecular flexibility index (Phi) is 3.96. The third-order valence-electron chi connectivity index (χ3n) is 2.43. The van der Waals surface area contributed by atoms with Gasteiger partial charge >= 0.3 is 0 Å². The van der Waals surface area contributed by atoms with Crippen LogP contribution in [0.3, 0.4) is 0 Å². The largest absolute Gasteiger partial charge is 0.329 e. The molecule has 0 aliphatic carbocycles. The van der Waals surface area contributed by atoms with Gasteiger partial charge < -0.3 is 5.73 Å². The second-order valence-electron chi connectivity index (χ2n) is 5.02. The monoisotopic (exact) mass is 256 g/mol. The maximum absolute atomic E-state index is 12.1. The van der Waals surface area contributed by atoms with Crippen molar-refractivity contribution in [1.82, 2.24) is 4.72 Å². The van der Waals surface area contributed by atoms with Gasteiger partial charge in [-0.3, -0.25) is 0 Å². The van der Waals surface area contributed by atoms with E-state index in [1.165, 1.54) is 0 Å². The number of rotatable bonds is 4. The molecule has 0 atom stereocenters. The molecule has 0 fully saturated rings. The van der Waals surface area contributed by atoms with Gasteiger partial charge in [0.25, 0.3) is 0 Å². The van der Waals surface area contributed by atoms with Crippen LogP contribution in [0.2, 0.25) is 0 Å². The van der Waals surface area contributed by atoms with Crippen molar-refractivity contribution in [2.45, 2.75) is 38.1 Å². The number of hydrogen-bond acceptors (Lipinski definition) is 3. The van der Waals surface area contributed by atoms with Crippen molar-refractivity contribution in [3.63, 3.8) is 0 Å². The zero-order chi connectivity index (χ0) is 13.3. The zero-order valence-corrected chi connectivity index (χ0v) is 11.6. The number of aryl methyl sites for hydroxylation is 2. The number of hydrogen-bond donors (Lipinski definition) is 2. The van der Waals surface area contributed by atoms with Crippen LogP contribution in [0.15, 0.2) is 23.1 Å². The van der Waals surface area contributed by atoms with E-state index in [4.69, 9.17) is 5.73 Å². The van der Waals surface area contributed by atoms with E-state index in [9.17, 15) is 8.42 Å². The van der Waals surface area contributed by atoms with Gasteiger partial charge in [0, 0.05) is 12.1 Å². The molecule has 0 saturated heterocycles. The van der Waals surface area contributed by atoms with Gasteiger partial charge in [-0.1, -0.05) is 6.07 Å². The van der Waals surface area contributed by atoms with Crippen molar-refractivity contribution in [3.8, 4) is 0 Å². The van der Waals surface area contributed by atoms with Gasteiger partial charge in [-0.05, 0) is 51.0 Å². The van der Waals surface area contributed by atoms with Crippen molar-refractivity contribution in [3.05, 3.63) is 29.3 Å². The molecule has 0 aromatic heterocycles. The molecule has 0 aliphatic rings. The molecule has 0 saturated carbocycles. The molecule has 0 heterocycles. The molecule has 5 heteroatoms. The standard InChI is InChI=1S/C12H20N2O2S/c1-9-5-10(2)7-11(6-9)17(15,16)14-12(3,4)8-13/h5-7,14H,8,13H2,1-4H3. The first kappa shape index (κ1) is 14.2. The normalized spacial score (nSPS) is 12.8. The van der Waals surface area contributed by atoms with Gasteiger partial charge in [0.1, 0.15) is 0 Å². The zero-order valence-electron chi connectivity index (χ0n) is 10.7. The molecule has 1 rings (SSSR count). The van der Waals surface area contributed by atoms with E-state index in [1.54, 1.807) is 26.0 Å². The summed E-state index contributed by atoms with van der Waals surface area (Å²) in [7, 11) is -3.51. The quantitative estimate of drug-likeness (QED) is 0.853. The predicted octanol–water partition coefficient (Wildman–Crippen LogP) is 1.32. The highest BCUT2D eigenvalue weighted by atomic mass is 32.2. The van der Waals surface area contributed by atoms with Crippen molar-refractivity contribution in [2.75, 3.05) is 6.54 Å². The van der Waals surface area contributed by atoms with Crippen molar-refractivity contribution < 1.29 is 8.42 Å². The summed E-state index contributed by atoms with van der Waals surface area (Å²) in [4.78, 5) is 0.288. The SMILES string of the molecule is Cc1cc(C)cc(S(=O)(=O)NC(C)(C)CN)c1. The Hall–Kier alpha value is -0.910. The van der Waals surface area contributed by atoms with Crippen LogP contribution in [0.25, 0.3) is 0 Å². The summed E-state index contributed by atoms with van der Waals surface area (Å²) in [6.45, 7) is 7.51. The molecule has 3 N–H and O–H groups in total. The van der Waals surface area contributed by atoms with Crippen LogP contribution in [-0.2, 0) is 10.0 Å². The van der Waals surface area contributed by atoms with Crippen LogP contribution in [0.5, 0.6) is 0 Å². The van der Waals surface area contributed by atoms with E-state index in [0.717, 1.165) is 11.1 Å². The molecule has 1 aromatic carbocycles. The summed E-state index contributed by atoms with van der Waals surface area (Å²) in [6, 6.07) is 5.25. The van der Waals surface area contributed by atoms with Crippen LogP contribution in [0.4, 0.5) is 0 Å². The molecular formula is C12H20N2O2S. The van der Waals surface area contributed by atoms with Gasteiger partial charge in [-0.25, -0.2) is 13.1 Å². The highest BCUT2D eigenvalue weighted by Crippen LogP contribution is 2.16. The Morgan fingerprint density at radius 3 is 2.06 bits per heavy atom. The van der Waals surface area contributed by atoms with Gasteiger partial charge in [0.15, 0.2) is 0 Å². The highest BCUT2D eigenvalue weighted by molar-refractivity contribution is 7.89. The fraction of sp³-hybridized carbons (Fsp3) is 0.500. The van der Waals surface area contributed by atoms with E-state index in [2.05, 4.69) is 4.72 Å². The smallest absolute Gasteiger partial charge is 0.241 e. The first-order valence-electron chi connectivity index (χ1n) is 5.49. The lowest BCUT2D eigenvalue weighted by Gasteiger charge is -2.24. The fourth-order valence-corrected chi connectivity index (χ4v) is 3.16. The lowest BCUT2D eigenvalue weighted by molar-refractivity contribution is 0.462. The summed E-state index contributed by atoms with van der Waals surface area (Å²) in [6.07, 6.45) is 0. The lowest BCUT2D eigenvalue weighted by atomic mass is 10.1. The maximum atomic E-state index is 12.1. The van der Waals surface area contributed by atoms with Gasteiger partial charge in [0.2, 0.25) is 10.0 Å². The minimum Gasteiger partial charge on any atom is -0.329 e. The second kappa shape index (κ2) is 4.76. The fourth-order valence-electron chi connectivity index (χ4n) is 1.55. The summed E-state index contributed by atoms with van der Waals surface area (Å²) in [5, 5.41) is 0. The Balaban J connectivity index is 3.14. The van der Waals surface area contributed by atoms with Crippen LogP contribution >= 0.6 is 0 Å². The molecule has 96 valence electrons. The molecule has 0 amide bonds. The molecule has 4 nitrogen and oxygen atoms in total. The number of nitrogens with two attached hydrogens (primary N) is 1. The Bertz CT molecular complexity index is 487. The molecular weight excluding hydrogens is 236 g/mol. The van der Waals surface area contributed by atoms with E-state index in [0.29, 0.717) is 0 Å². The third kappa shape index (κ3) is 3.80. The van der Waals surface area contributed by atoms with E-state index < -0.39 is 15.6 Å². The van der Waals surface area contributed by atoms with Gasteiger partial charge in [0.05, 0.1) is 4.90 Å². The van der Waals surface area contributed by atoms with Crippen LogP contribution in [0.1, 0.15) is 25.0 Å². The van der Waals surface area contributed by atoms with Crippen molar-refractivity contribution >= 4 is 10.0 Å². The lowest BCUT2D eigenvalue weighted by Crippen LogP contribution is -2.48. The van der Waals surface area contributed by atoms with Crippen LogP contribution in [-0.4, -0.2) is 20.5 Å². The molecule has 0 unspecified atom stereocenters. The average Bonchev–Trinajstić information content (AvgIpc) is 2.14. The number of benzene rings is 1. The molecule has 17 heavy (non-hydrogen) atoms. The third-order valence-corrected chi connectivity index (χ3v) is 4.10. The minimum atomic E-state index is -3.51. The highest BCUT2D eigenvalue weighted by Gasteiger charge is 2.24. The summed E-state index contributed by atoms with van der Waals surface area (Å²) < 4.78 is 26.9. The van der Waals surface area contributed by atoms with E-state index >= 15 is 0 Å². The second-order valence-corrected chi connectivity index (χ2v) is 6.70. The van der Waals surface area contributed by atoms with E-state index in [-0.39, 0.29) is 11.4 Å². The maximum Gasteiger partial charge on any atom is 0.241 e. The van der Waals surface area contributed by atoms with Crippen LogP contribution in [0, 0.1) is 13.8 Å². The molecule has 1 aromatic rings. The van der Waals surface area contributed by atoms with Gasteiger partial charge in [-0.15, -0.1) is 0 Å². The Morgan fingerprint density at radius 1 is 1.18 bits per heavy atom. The molecule has 0 bridgehead atoms. The average molecular weight is 256 g/mol. The number of nitrogens with one attached hydrogen (secondary N) is 1. The first-order valence-corrected chi connectivity index (χ1v) is 6.97. The Labute approximate surface area is 103 Å². The minimum absolute atomic E-state index is 0.247. The topological polar surface area (TPSA) is 72.2 Å². The first-order chi connectivity index (χ1) is 7.66. The van der Waals surface area contributed by atoms with Crippen molar-refractivity contribution in [1.29, 1.82) is 0 Å². The summed E-state index contributed by atoms with van der Waals surface area (Å²) in [5.41, 5.74) is 6.74. The summed E-state index contributed by atoms with van der Waals surface area (Å²) in [5.74, 6) is 0. The van der Waals surface area contributed by atoms with Crippen molar-refractivity contribution in [2.24, 2.45) is 5.73 Å². The number of sulfonamides is 1. The summed E-state index contributed by atoms with van der Waals surface area (Å²) >= 11 is 0. The van der Waals surface area contributed by atoms with Crippen LogP contribution < -0.4 is 10.5 Å². The molecule has 0 spiro atoms. The molecule has 0 radical (unpaired) electrons. The Morgan fingerprint density at radius 2 is 1.65 bits per heavy atom. The van der Waals surface area contributed by atoms with E-state index in [1.807, 2.05) is 19.9 Å².